The number of aromatic nitrogens is 1. The number of hydrogen-bond acceptors (Lipinski definition) is 3. The number of benzene rings is 1. The number of nitrogens with one attached hydrogen (secondary N) is 1. The fourth-order valence-corrected chi connectivity index (χ4v) is 2.53. The zero-order valence-electron chi connectivity index (χ0n) is 12.1. The van der Waals surface area contributed by atoms with Gasteiger partial charge in [-0.1, -0.05) is 6.07 Å². The Labute approximate surface area is 128 Å². The van der Waals surface area contributed by atoms with Crippen LogP contribution in [0.15, 0.2) is 42.6 Å². The van der Waals surface area contributed by atoms with Crippen LogP contribution in [-0.4, -0.2) is 23.6 Å². The SMILES string of the molecule is O=C(NCc1cccnc1-c1ccc(F)cc1)[C@H]1CCCO1. The number of carbonyl (C=O) groups excluding carboxylic acids is 1. The molecule has 1 aromatic heterocycles. The van der Waals surface area contributed by atoms with E-state index in [1.54, 1.807) is 18.3 Å². The van der Waals surface area contributed by atoms with Crippen molar-refractivity contribution in [2.24, 2.45) is 0 Å². The van der Waals surface area contributed by atoms with Crippen LogP contribution in [-0.2, 0) is 16.1 Å². The van der Waals surface area contributed by atoms with Crippen molar-refractivity contribution >= 4 is 5.91 Å². The van der Waals surface area contributed by atoms with E-state index in [0.29, 0.717) is 13.2 Å². The van der Waals surface area contributed by atoms with E-state index in [1.807, 2.05) is 12.1 Å². The topological polar surface area (TPSA) is 51.2 Å². The fraction of sp³-hybridized carbons (Fsp3) is 0.294. The number of ether oxygens (including phenoxy) is 1. The average Bonchev–Trinajstić information content (AvgIpc) is 3.08. The van der Waals surface area contributed by atoms with Crippen molar-refractivity contribution < 1.29 is 13.9 Å². The van der Waals surface area contributed by atoms with Crippen LogP contribution in [0, 0.1) is 5.82 Å². The summed E-state index contributed by atoms with van der Waals surface area (Å²) in [5, 5.41) is 2.88. The van der Waals surface area contributed by atoms with Gasteiger partial charge >= 0.3 is 0 Å². The molecule has 22 heavy (non-hydrogen) atoms. The van der Waals surface area contributed by atoms with E-state index in [1.165, 1.54) is 12.1 Å². The van der Waals surface area contributed by atoms with Gasteiger partial charge in [0.2, 0.25) is 5.91 Å². The molecule has 4 nitrogen and oxygen atoms in total. The molecular formula is C17H17FN2O2. The molecule has 0 bridgehead atoms. The Hall–Kier alpha value is -2.27. The molecular weight excluding hydrogens is 283 g/mol. The standard InChI is InChI=1S/C17H17FN2O2/c18-14-7-5-12(6-8-14)16-13(3-1-9-19-16)11-20-17(21)15-4-2-10-22-15/h1,3,5-9,15H,2,4,10-11H2,(H,20,21)/t15-/m1/s1. The summed E-state index contributed by atoms with van der Waals surface area (Å²) < 4.78 is 18.4. The minimum Gasteiger partial charge on any atom is -0.368 e. The smallest absolute Gasteiger partial charge is 0.249 e. The maximum absolute atomic E-state index is 13.0. The molecule has 0 unspecified atom stereocenters. The highest BCUT2D eigenvalue weighted by atomic mass is 19.1. The van der Waals surface area contributed by atoms with Crippen LogP contribution in [0.25, 0.3) is 11.3 Å². The van der Waals surface area contributed by atoms with Crippen molar-refractivity contribution in [3.63, 3.8) is 0 Å². The van der Waals surface area contributed by atoms with E-state index < -0.39 is 0 Å². The van der Waals surface area contributed by atoms with Gasteiger partial charge in [0.25, 0.3) is 0 Å². The molecule has 0 aliphatic carbocycles. The van der Waals surface area contributed by atoms with Crippen LogP contribution in [0.3, 0.4) is 0 Å². The Morgan fingerprint density at radius 1 is 1.32 bits per heavy atom. The molecule has 0 radical (unpaired) electrons. The van der Waals surface area contributed by atoms with E-state index in [2.05, 4.69) is 10.3 Å². The fourth-order valence-electron chi connectivity index (χ4n) is 2.53. The molecule has 5 heteroatoms. The summed E-state index contributed by atoms with van der Waals surface area (Å²) in [4.78, 5) is 16.4. The first-order chi connectivity index (χ1) is 10.7. The lowest BCUT2D eigenvalue weighted by molar-refractivity contribution is -0.130. The second-order valence-electron chi connectivity index (χ2n) is 5.24. The van der Waals surface area contributed by atoms with Gasteiger partial charge in [0, 0.05) is 24.9 Å². The molecule has 0 spiro atoms. The molecule has 1 amide bonds. The van der Waals surface area contributed by atoms with Crippen LogP contribution in [0.2, 0.25) is 0 Å². The van der Waals surface area contributed by atoms with Gasteiger partial charge in [0.05, 0.1) is 5.69 Å². The second kappa shape index (κ2) is 6.66. The molecule has 1 aromatic carbocycles. The molecule has 3 rings (SSSR count). The number of carbonyl (C=O) groups is 1. The summed E-state index contributed by atoms with van der Waals surface area (Å²) in [5.41, 5.74) is 2.46. The lowest BCUT2D eigenvalue weighted by Crippen LogP contribution is -2.33. The highest BCUT2D eigenvalue weighted by molar-refractivity contribution is 5.81. The summed E-state index contributed by atoms with van der Waals surface area (Å²) in [6, 6.07) is 9.89. The summed E-state index contributed by atoms with van der Waals surface area (Å²) in [6.07, 6.45) is 3.03. The van der Waals surface area contributed by atoms with Crippen LogP contribution in [0.4, 0.5) is 4.39 Å². The monoisotopic (exact) mass is 300 g/mol. The maximum atomic E-state index is 13.0. The highest BCUT2D eigenvalue weighted by Gasteiger charge is 2.23. The molecule has 1 saturated heterocycles. The summed E-state index contributed by atoms with van der Waals surface area (Å²) in [5.74, 6) is -0.376. The molecule has 2 heterocycles. The number of amides is 1. The zero-order chi connectivity index (χ0) is 15.4. The van der Waals surface area contributed by atoms with Crippen LogP contribution in [0.1, 0.15) is 18.4 Å². The first kappa shape index (κ1) is 14.7. The van der Waals surface area contributed by atoms with Gasteiger partial charge in [0.1, 0.15) is 11.9 Å². The van der Waals surface area contributed by atoms with Crippen LogP contribution < -0.4 is 5.32 Å². The maximum Gasteiger partial charge on any atom is 0.249 e. The largest absolute Gasteiger partial charge is 0.368 e. The Balaban J connectivity index is 1.73. The number of rotatable bonds is 4. The van der Waals surface area contributed by atoms with Crippen molar-refractivity contribution in [3.05, 3.63) is 54.0 Å². The third kappa shape index (κ3) is 3.31. The van der Waals surface area contributed by atoms with Crippen molar-refractivity contribution in [2.75, 3.05) is 6.61 Å². The molecule has 1 N–H and O–H groups in total. The Bertz CT molecular complexity index is 652. The first-order valence-electron chi connectivity index (χ1n) is 7.33. The van der Waals surface area contributed by atoms with Gasteiger partial charge in [0.15, 0.2) is 0 Å². The van der Waals surface area contributed by atoms with Gasteiger partial charge < -0.3 is 10.1 Å². The summed E-state index contributed by atoms with van der Waals surface area (Å²) in [6.45, 7) is 1.02. The van der Waals surface area contributed by atoms with Gasteiger partial charge in [-0.05, 0) is 48.7 Å². The molecule has 2 aromatic rings. The Kier molecular flexibility index (Phi) is 4.44. The van der Waals surface area contributed by atoms with Gasteiger partial charge in [-0.15, -0.1) is 0 Å². The number of halogens is 1. The summed E-state index contributed by atoms with van der Waals surface area (Å²) >= 11 is 0. The zero-order valence-corrected chi connectivity index (χ0v) is 12.1. The average molecular weight is 300 g/mol. The third-order valence-electron chi connectivity index (χ3n) is 3.68. The molecule has 1 aliphatic heterocycles. The quantitative estimate of drug-likeness (QED) is 0.944. The van der Waals surface area contributed by atoms with Gasteiger partial charge in [-0.2, -0.15) is 0 Å². The number of pyridine rings is 1. The lowest BCUT2D eigenvalue weighted by atomic mass is 10.1. The minimum atomic E-state index is -0.342. The summed E-state index contributed by atoms with van der Waals surface area (Å²) in [7, 11) is 0. The predicted octanol–water partition coefficient (Wildman–Crippen LogP) is 2.68. The lowest BCUT2D eigenvalue weighted by Gasteiger charge is -2.12. The van der Waals surface area contributed by atoms with Crippen molar-refractivity contribution in [1.82, 2.24) is 10.3 Å². The Morgan fingerprint density at radius 3 is 2.86 bits per heavy atom. The molecule has 114 valence electrons. The van der Waals surface area contributed by atoms with Gasteiger partial charge in [-0.3, -0.25) is 9.78 Å². The second-order valence-corrected chi connectivity index (χ2v) is 5.24. The van der Waals surface area contributed by atoms with E-state index in [-0.39, 0.29) is 17.8 Å². The van der Waals surface area contributed by atoms with Crippen LogP contribution in [0.5, 0.6) is 0 Å². The normalized spacial score (nSPS) is 17.4. The van der Waals surface area contributed by atoms with Gasteiger partial charge in [-0.25, -0.2) is 4.39 Å². The number of hydrogen-bond donors (Lipinski definition) is 1. The highest BCUT2D eigenvalue weighted by Crippen LogP contribution is 2.21. The first-order valence-corrected chi connectivity index (χ1v) is 7.33. The Morgan fingerprint density at radius 2 is 2.14 bits per heavy atom. The van der Waals surface area contributed by atoms with E-state index in [0.717, 1.165) is 29.7 Å². The molecule has 1 atom stereocenters. The van der Waals surface area contributed by atoms with E-state index in [4.69, 9.17) is 4.74 Å². The molecule has 1 fully saturated rings. The van der Waals surface area contributed by atoms with Crippen molar-refractivity contribution in [2.45, 2.75) is 25.5 Å². The van der Waals surface area contributed by atoms with Crippen molar-refractivity contribution in [1.29, 1.82) is 0 Å². The van der Waals surface area contributed by atoms with E-state index in [9.17, 15) is 9.18 Å². The van der Waals surface area contributed by atoms with Crippen LogP contribution >= 0.6 is 0 Å². The van der Waals surface area contributed by atoms with Crippen molar-refractivity contribution in [3.8, 4) is 11.3 Å². The number of nitrogens with zero attached hydrogens (tertiary/aromatic N) is 1. The molecule has 1 aliphatic rings. The third-order valence-corrected chi connectivity index (χ3v) is 3.68. The minimum absolute atomic E-state index is 0.0913. The molecule has 0 saturated carbocycles. The predicted molar refractivity (Wildman–Crippen MR) is 80.5 cm³/mol. The van der Waals surface area contributed by atoms with E-state index >= 15 is 0 Å².